The number of aromatic nitrogens is 3. The Balaban J connectivity index is 1.37. The predicted octanol–water partition coefficient (Wildman–Crippen LogP) is 2.41. The molecule has 1 atom stereocenters. The SMILES string of the molecule is OCC1CCCCN1c1cc(N2CCC(Oc3ccc(F)nc3)CC2)ncn1. The Morgan fingerprint density at radius 1 is 1.04 bits per heavy atom. The summed E-state index contributed by atoms with van der Waals surface area (Å²) < 4.78 is 18.8. The zero-order valence-corrected chi connectivity index (χ0v) is 15.9. The Morgan fingerprint density at radius 2 is 1.86 bits per heavy atom. The summed E-state index contributed by atoms with van der Waals surface area (Å²) in [6.45, 7) is 2.74. The molecule has 2 saturated heterocycles. The summed E-state index contributed by atoms with van der Waals surface area (Å²) >= 11 is 0. The van der Waals surface area contributed by atoms with Crippen molar-refractivity contribution in [2.45, 2.75) is 44.2 Å². The second-order valence-corrected chi connectivity index (χ2v) is 7.38. The van der Waals surface area contributed by atoms with Crippen LogP contribution in [-0.4, -0.2) is 58.4 Å². The molecule has 1 unspecified atom stereocenters. The molecule has 4 heterocycles. The Kier molecular flexibility index (Phi) is 5.85. The zero-order chi connectivity index (χ0) is 19.3. The van der Waals surface area contributed by atoms with E-state index < -0.39 is 5.95 Å². The molecule has 2 aromatic rings. The van der Waals surface area contributed by atoms with Gasteiger partial charge in [0, 0.05) is 38.5 Å². The lowest BCUT2D eigenvalue weighted by Gasteiger charge is -2.36. The molecular weight excluding hydrogens is 361 g/mol. The topological polar surface area (TPSA) is 74.6 Å². The van der Waals surface area contributed by atoms with Crippen molar-refractivity contribution in [3.63, 3.8) is 0 Å². The Hall–Kier alpha value is -2.48. The highest BCUT2D eigenvalue weighted by atomic mass is 19.1. The molecule has 7 nitrogen and oxygen atoms in total. The molecule has 2 aliphatic heterocycles. The van der Waals surface area contributed by atoms with Gasteiger partial charge < -0.3 is 19.6 Å². The highest BCUT2D eigenvalue weighted by Crippen LogP contribution is 2.27. The van der Waals surface area contributed by atoms with Gasteiger partial charge in [-0.15, -0.1) is 0 Å². The van der Waals surface area contributed by atoms with E-state index in [1.165, 1.54) is 12.3 Å². The lowest BCUT2D eigenvalue weighted by Crippen LogP contribution is -2.43. The standard InChI is InChI=1S/C20H26FN5O2/c21-18-5-4-17(12-22-18)28-16-6-9-25(10-7-16)19-11-20(24-14-23-19)26-8-2-1-3-15(26)13-27/h4-5,11-12,14-16,27H,1-3,6-10,13H2. The smallest absolute Gasteiger partial charge is 0.213 e. The summed E-state index contributed by atoms with van der Waals surface area (Å²) in [4.78, 5) is 17.0. The number of aliphatic hydroxyl groups excluding tert-OH is 1. The second-order valence-electron chi connectivity index (χ2n) is 7.38. The van der Waals surface area contributed by atoms with E-state index >= 15 is 0 Å². The zero-order valence-electron chi connectivity index (χ0n) is 15.9. The second kappa shape index (κ2) is 8.68. The summed E-state index contributed by atoms with van der Waals surface area (Å²) in [6, 6.07) is 5.09. The van der Waals surface area contributed by atoms with Crippen LogP contribution in [0.15, 0.2) is 30.7 Å². The minimum absolute atomic E-state index is 0.0886. The van der Waals surface area contributed by atoms with Crippen molar-refractivity contribution in [2.24, 2.45) is 0 Å². The molecular formula is C20H26FN5O2. The third-order valence-electron chi connectivity index (χ3n) is 5.54. The summed E-state index contributed by atoms with van der Waals surface area (Å²) in [6.07, 6.45) is 8.12. The Labute approximate surface area is 164 Å². The monoisotopic (exact) mass is 387 g/mol. The molecule has 2 aromatic heterocycles. The molecule has 0 saturated carbocycles. The maximum absolute atomic E-state index is 12.9. The van der Waals surface area contributed by atoms with Gasteiger partial charge in [-0.05, 0) is 31.4 Å². The molecule has 1 N–H and O–H groups in total. The van der Waals surface area contributed by atoms with Gasteiger partial charge in [0.2, 0.25) is 5.95 Å². The Morgan fingerprint density at radius 3 is 2.61 bits per heavy atom. The number of nitrogens with zero attached hydrogens (tertiary/aromatic N) is 5. The molecule has 28 heavy (non-hydrogen) atoms. The van der Waals surface area contributed by atoms with E-state index in [-0.39, 0.29) is 18.8 Å². The van der Waals surface area contributed by atoms with Gasteiger partial charge in [-0.3, -0.25) is 0 Å². The van der Waals surface area contributed by atoms with E-state index in [1.807, 2.05) is 6.07 Å². The van der Waals surface area contributed by atoms with Crippen molar-refractivity contribution in [1.29, 1.82) is 0 Å². The van der Waals surface area contributed by atoms with Crippen LogP contribution in [0.2, 0.25) is 0 Å². The van der Waals surface area contributed by atoms with Crippen molar-refractivity contribution in [3.05, 3.63) is 36.7 Å². The van der Waals surface area contributed by atoms with Crippen molar-refractivity contribution < 1.29 is 14.2 Å². The fourth-order valence-corrected chi connectivity index (χ4v) is 3.99. The van der Waals surface area contributed by atoms with E-state index in [0.29, 0.717) is 5.75 Å². The van der Waals surface area contributed by atoms with E-state index in [2.05, 4.69) is 24.8 Å². The number of hydrogen-bond donors (Lipinski definition) is 1. The van der Waals surface area contributed by atoms with Gasteiger partial charge in [0.05, 0.1) is 18.8 Å². The average molecular weight is 387 g/mol. The van der Waals surface area contributed by atoms with Gasteiger partial charge in [-0.25, -0.2) is 15.0 Å². The number of piperidine rings is 2. The van der Waals surface area contributed by atoms with Gasteiger partial charge >= 0.3 is 0 Å². The quantitative estimate of drug-likeness (QED) is 0.790. The fourth-order valence-electron chi connectivity index (χ4n) is 3.99. The normalized spacial score (nSPS) is 21.0. The lowest BCUT2D eigenvalue weighted by molar-refractivity contribution is 0.169. The first-order valence-electron chi connectivity index (χ1n) is 9.95. The van der Waals surface area contributed by atoms with E-state index in [4.69, 9.17) is 4.74 Å². The molecule has 4 rings (SSSR count). The third-order valence-corrected chi connectivity index (χ3v) is 5.54. The van der Waals surface area contributed by atoms with E-state index in [1.54, 1.807) is 12.4 Å². The first-order chi connectivity index (χ1) is 13.7. The first kappa shape index (κ1) is 18.9. The van der Waals surface area contributed by atoms with Crippen LogP contribution < -0.4 is 14.5 Å². The molecule has 150 valence electrons. The van der Waals surface area contributed by atoms with Crippen LogP contribution >= 0.6 is 0 Å². The minimum atomic E-state index is -0.501. The highest BCUT2D eigenvalue weighted by molar-refractivity contribution is 5.51. The highest BCUT2D eigenvalue weighted by Gasteiger charge is 2.25. The fraction of sp³-hybridized carbons (Fsp3) is 0.550. The molecule has 2 fully saturated rings. The molecule has 0 aromatic carbocycles. The third kappa shape index (κ3) is 4.32. The first-order valence-corrected chi connectivity index (χ1v) is 9.95. The molecule has 0 aliphatic carbocycles. The van der Waals surface area contributed by atoms with Crippen LogP contribution in [0.5, 0.6) is 5.75 Å². The maximum Gasteiger partial charge on any atom is 0.213 e. The largest absolute Gasteiger partial charge is 0.489 e. The van der Waals surface area contributed by atoms with Gasteiger partial charge in [0.1, 0.15) is 29.8 Å². The van der Waals surface area contributed by atoms with Crippen LogP contribution in [0.4, 0.5) is 16.0 Å². The number of aliphatic hydroxyl groups is 1. The van der Waals surface area contributed by atoms with Gasteiger partial charge in [0.15, 0.2) is 0 Å². The molecule has 0 bridgehead atoms. The number of rotatable bonds is 5. The summed E-state index contributed by atoms with van der Waals surface area (Å²) in [7, 11) is 0. The summed E-state index contributed by atoms with van der Waals surface area (Å²) in [5.41, 5.74) is 0. The lowest BCUT2D eigenvalue weighted by atomic mass is 10.0. The van der Waals surface area contributed by atoms with Crippen molar-refractivity contribution in [3.8, 4) is 5.75 Å². The van der Waals surface area contributed by atoms with Gasteiger partial charge in [-0.2, -0.15) is 4.39 Å². The van der Waals surface area contributed by atoms with Gasteiger partial charge in [0.25, 0.3) is 0 Å². The number of hydrogen-bond acceptors (Lipinski definition) is 7. The van der Waals surface area contributed by atoms with Crippen LogP contribution in [-0.2, 0) is 0 Å². The number of halogens is 1. The van der Waals surface area contributed by atoms with Crippen molar-refractivity contribution in [2.75, 3.05) is 36.0 Å². The van der Waals surface area contributed by atoms with Crippen LogP contribution in [0.3, 0.4) is 0 Å². The van der Waals surface area contributed by atoms with Crippen LogP contribution in [0, 0.1) is 5.95 Å². The molecule has 8 heteroatoms. The van der Waals surface area contributed by atoms with Crippen LogP contribution in [0.1, 0.15) is 32.1 Å². The Bertz CT molecular complexity index is 767. The van der Waals surface area contributed by atoms with Crippen molar-refractivity contribution in [1.82, 2.24) is 15.0 Å². The predicted molar refractivity (Wildman–Crippen MR) is 104 cm³/mol. The average Bonchev–Trinajstić information content (AvgIpc) is 2.76. The molecule has 0 spiro atoms. The summed E-state index contributed by atoms with van der Waals surface area (Å²) in [5.74, 6) is 1.90. The summed E-state index contributed by atoms with van der Waals surface area (Å²) in [5, 5.41) is 9.67. The minimum Gasteiger partial charge on any atom is -0.489 e. The molecule has 0 radical (unpaired) electrons. The van der Waals surface area contributed by atoms with E-state index in [0.717, 1.165) is 63.4 Å². The maximum atomic E-state index is 12.9. The van der Waals surface area contributed by atoms with Crippen molar-refractivity contribution >= 4 is 11.6 Å². The number of anilines is 2. The number of ether oxygens (including phenoxy) is 1. The van der Waals surface area contributed by atoms with Crippen LogP contribution in [0.25, 0.3) is 0 Å². The number of pyridine rings is 1. The molecule has 0 amide bonds. The van der Waals surface area contributed by atoms with E-state index in [9.17, 15) is 9.50 Å². The van der Waals surface area contributed by atoms with Gasteiger partial charge in [-0.1, -0.05) is 0 Å². The molecule has 2 aliphatic rings.